The van der Waals surface area contributed by atoms with Crippen LogP contribution in [0.15, 0.2) is 72.5 Å². The fourth-order valence-electron chi connectivity index (χ4n) is 3.72. The lowest BCUT2D eigenvalue weighted by atomic mass is 10.1. The zero-order valence-electron chi connectivity index (χ0n) is 14.4. The molecule has 1 aromatic carbocycles. The van der Waals surface area contributed by atoms with E-state index in [4.69, 9.17) is 0 Å². The summed E-state index contributed by atoms with van der Waals surface area (Å²) in [5.74, 6) is 0.551. The van der Waals surface area contributed by atoms with Gasteiger partial charge in [0.1, 0.15) is 11.9 Å². The molecule has 1 saturated carbocycles. The molecule has 2 aliphatic heterocycles. The molecule has 5 heteroatoms. The topological polar surface area (TPSA) is 57.3 Å². The van der Waals surface area contributed by atoms with E-state index in [1.807, 2.05) is 48.8 Å². The summed E-state index contributed by atoms with van der Waals surface area (Å²) in [7, 11) is 0. The minimum Gasteiger partial charge on any atom is -0.358 e. The summed E-state index contributed by atoms with van der Waals surface area (Å²) in [5, 5.41) is 8.71. The largest absolute Gasteiger partial charge is 0.358 e. The van der Waals surface area contributed by atoms with Gasteiger partial charge < -0.3 is 15.5 Å². The van der Waals surface area contributed by atoms with Crippen molar-refractivity contribution in [1.29, 1.82) is 0 Å². The second-order valence-electron chi connectivity index (χ2n) is 7.00. The molecule has 5 rings (SSSR count). The number of hydrogen-bond donors (Lipinski definition) is 2. The second kappa shape index (κ2) is 6.02. The Morgan fingerprint density at radius 1 is 1.23 bits per heavy atom. The maximum Gasteiger partial charge on any atom is 0.269 e. The number of aromatic nitrogens is 1. The molecule has 3 heterocycles. The molecule has 0 spiro atoms. The van der Waals surface area contributed by atoms with Gasteiger partial charge in [0.2, 0.25) is 0 Å². The number of hydrogen-bond acceptors (Lipinski definition) is 4. The Morgan fingerprint density at radius 3 is 3.00 bits per heavy atom. The molecular formula is C21H20N4O. The van der Waals surface area contributed by atoms with E-state index >= 15 is 0 Å². The molecule has 1 aliphatic carbocycles. The molecule has 0 radical (unpaired) electrons. The smallest absolute Gasteiger partial charge is 0.269 e. The van der Waals surface area contributed by atoms with Crippen molar-refractivity contribution in [2.24, 2.45) is 5.92 Å². The van der Waals surface area contributed by atoms with Crippen molar-refractivity contribution in [3.05, 3.63) is 78.0 Å². The number of nitrogens with one attached hydrogen (secondary N) is 2. The number of amides is 1. The molecule has 26 heavy (non-hydrogen) atoms. The fraction of sp³-hybridized carbons (Fsp3) is 0.238. The van der Waals surface area contributed by atoms with Crippen LogP contribution in [0.3, 0.4) is 0 Å². The Hall–Kier alpha value is -3.08. The summed E-state index contributed by atoms with van der Waals surface area (Å²) in [5.41, 5.74) is 2.64. The van der Waals surface area contributed by atoms with Crippen LogP contribution in [0.25, 0.3) is 10.8 Å². The van der Waals surface area contributed by atoms with E-state index in [0.717, 1.165) is 22.0 Å². The lowest BCUT2D eigenvalue weighted by molar-refractivity contribution is -0.118. The van der Waals surface area contributed by atoms with Gasteiger partial charge in [-0.1, -0.05) is 30.3 Å². The van der Waals surface area contributed by atoms with Crippen LogP contribution in [0.4, 0.5) is 0 Å². The number of carbonyl (C=O) groups excluding carboxylic acids is 1. The Balaban J connectivity index is 1.37. The summed E-state index contributed by atoms with van der Waals surface area (Å²) in [6.07, 6.45) is 14.4. The van der Waals surface area contributed by atoms with Crippen LogP contribution in [0.2, 0.25) is 0 Å². The summed E-state index contributed by atoms with van der Waals surface area (Å²) in [6.45, 7) is 0.458. The van der Waals surface area contributed by atoms with Crippen LogP contribution in [-0.2, 0) is 11.3 Å². The van der Waals surface area contributed by atoms with Crippen LogP contribution in [-0.4, -0.2) is 22.0 Å². The first kappa shape index (κ1) is 15.2. The first-order valence-corrected chi connectivity index (χ1v) is 9.05. The normalized spacial score (nSPS) is 21.1. The number of rotatable bonds is 4. The Kier molecular flexibility index (Phi) is 3.52. The molecule has 5 nitrogen and oxygen atoms in total. The van der Waals surface area contributed by atoms with E-state index in [-0.39, 0.29) is 12.1 Å². The third-order valence-electron chi connectivity index (χ3n) is 5.22. The van der Waals surface area contributed by atoms with Gasteiger partial charge in [0.05, 0.1) is 5.70 Å². The van der Waals surface area contributed by atoms with E-state index in [1.165, 1.54) is 12.8 Å². The van der Waals surface area contributed by atoms with Crippen LogP contribution >= 0.6 is 0 Å². The molecule has 1 aromatic heterocycles. The molecule has 1 atom stereocenters. The molecule has 3 aliphatic rings. The van der Waals surface area contributed by atoms with Crippen molar-refractivity contribution in [2.45, 2.75) is 25.6 Å². The van der Waals surface area contributed by atoms with Crippen molar-refractivity contribution in [2.75, 3.05) is 0 Å². The van der Waals surface area contributed by atoms with E-state index in [1.54, 1.807) is 0 Å². The van der Waals surface area contributed by atoms with Crippen molar-refractivity contribution in [3.63, 3.8) is 0 Å². The van der Waals surface area contributed by atoms with E-state index < -0.39 is 0 Å². The molecule has 0 bridgehead atoms. The van der Waals surface area contributed by atoms with Gasteiger partial charge in [-0.05, 0) is 41.9 Å². The molecular weight excluding hydrogens is 324 g/mol. The van der Waals surface area contributed by atoms with E-state index in [2.05, 4.69) is 32.8 Å². The number of pyridine rings is 1. The lowest BCUT2D eigenvalue weighted by Gasteiger charge is -2.25. The van der Waals surface area contributed by atoms with Crippen molar-refractivity contribution in [1.82, 2.24) is 20.5 Å². The summed E-state index contributed by atoms with van der Waals surface area (Å²) in [4.78, 5) is 19.3. The SMILES string of the molecule is O=C(NCc1cncc2ccccc12)C1=C2C=CC=CN2C(C2CC2)N1. The van der Waals surface area contributed by atoms with Gasteiger partial charge in [0, 0.05) is 30.5 Å². The zero-order chi connectivity index (χ0) is 17.5. The molecule has 0 saturated heterocycles. The predicted octanol–water partition coefficient (Wildman–Crippen LogP) is 2.79. The fourth-order valence-corrected chi connectivity index (χ4v) is 3.72. The third kappa shape index (κ3) is 2.56. The number of carbonyl (C=O) groups is 1. The minimum atomic E-state index is -0.0685. The minimum absolute atomic E-state index is 0.0685. The summed E-state index contributed by atoms with van der Waals surface area (Å²) < 4.78 is 0. The van der Waals surface area contributed by atoms with Crippen molar-refractivity contribution in [3.8, 4) is 0 Å². The highest BCUT2D eigenvalue weighted by Gasteiger charge is 2.42. The summed E-state index contributed by atoms with van der Waals surface area (Å²) >= 11 is 0. The molecule has 2 aromatic rings. The average molecular weight is 344 g/mol. The van der Waals surface area contributed by atoms with Crippen LogP contribution in [0, 0.1) is 5.92 Å². The van der Waals surface area contributed by atoms with E-state index in [9.17, 15) is 4.79 Å². The third-order valence-corrected chi connectivity index (χ3v) is 5.22. The summed E-state index contributed by atoms with van der Waals surface area (Å²) in [6, 6.07) is 8.10. The molecule has 1 fully saturated rings. The monoisotopic (exact) mass is 344 g/mol. The quantitative estimate of drug-likeness (QED) is 0.895. The van der Waals surface area contributed by atoms with Gasteiger partial charge in [0.15, 0.2) is 0 Å². The van der Waals surface area contributed by atoms with Gasteiger partial charge >= 0.3 is 0 Å². The van der Waals surface area contributed by atoms with E-state index in [0.29, 0.717) is 18.2 Å². The number of benzene rings is 1. The Labute approximate surface area is 152 Å². The maximum atomic E-state index is 12.9. The predicted molar refractivity (Wildman–Crippen MR) is 100 cm³/mol. The molecule has 1 amide bonds. The van der Waals surface area contributed by atoms with Crippen molar-refractivity contribution < 1.29 is 4.79 Å². The first-order chi connectivity index (χ1) is 12.8. The first-order valence-electron chi connectivity index (χ1n) is 9.05. The van der Waals surface area contributed by atoms with Crippen LogP contribution in [0.5, 0.6) is 0 Å². The number of allylic oxidation sites excluding steroid dienone is 3. The van der Waals surface area contributed by atoms with Crippen molar-refractivity contribution >= 4 is 16.7 Å². The Bertz CT molecular complexity index is 966. The van der Waals surface area contributed by atoms with Gasteiger partial charge in [0.25, 0.3) is 5.91 Å². The van der Waals surface area contributed by atoms with Gasteiger partial charge in [-0.15, -0.1) is 0 Å². The van der Waals surface area contributed by atoms with Gasteiger partial charge in [-0.25, -0.2) is 0 Å². The molecule has 2 N–H and O–H groups in total. The zero-order valence-corrected chi connectivity index (χ0v) is 14.4. The Morgan fingerprint density at radius 2 is 2.12 bits per heavy atom. The highest BCUT2D eigenvalue weighted by molar-refractivity contribution is 5.95. The number of nitrogens with zero attached hydrogens (tertiary/aromatic N) is 2. The number of fused-ring (bicyclic) bond motifs is 2. The molecule has 1 unspecified atom stereocenters. The lowest BCUT2D eigenvalue weighted by Crippen LogP contribution is -2.38. The average Bonchev–Trinajstić information content (AvgIpc) is 3.46. The standard InChI is InChI=1S/C21H20N4O/c26-21(23-13-16-12-22-11-15-5-1-2-6-17(15)16)19-18-7-3-4-10-25(18)20(24-19)14-8-9-14/h1-7,10-12,14,20,24H,8-9,13H2,(H,23,26). The highest BCUT2D eigenvalue weighted by atomic mass is 16.2. The van der Waals surface area contributed by atoms with Gasteiger partial charge in [-0.2, -0.15) is 0 Å². The van der Waals surface area contributed by atoms with Gasteiger partial charge in [-0.3, -0.25) is 9.78 Å². The van der Waals surface area contributed by atoms with Crippen LogP contribution < -0.4 is 10.6 Å². The molecule has 130 valence electrons. The highest BCUT2D eigenvalue weighted by Crippen LogP contribution is 2.40. The maximum absolute atomic E-state index is 12.9. The second-order valence-corrected chi connectivity index (χ2v) is 7.00. The van der Waals surface area contributed by atoms with Crippen LogP contribution in [0.1, 0.15) is 18.4 Å².